The summed E-state index contributed by atoms with van der Waals surface area (Å²) in [7, 11) is 0. The minimum Gasteiger partial charge on any atom is -0.399 e. The lowest BCUT2D eigenvalue weighted by atomic mass is 9.88. The Bertz CT molecular complexity index is 979. The molecule has 0 atom stereocenters. The number of rotatable bonds is 2. The summed E-state index contributed by atoms with van der Waals surface area (Å²) in [6.45, 7) is 3.23. The number of fused-ring (bicyclic) bond motifs is 2. The maximum atomic E-state index is 5.82. The van der Waals surface area contributed by atoms with E-state index < -0.39 is 0 Å². The van der Waals surface area contributed by atoms with Gasteiger partial charge in [-0.3, -0.25) is 4.90 Å². The maximum absolute atomic E-state index is 5.82. The van der Waals surface area contributed by atoms with Crippen LogP contribution in [0.1, 0.15) is 29.5 Å². The normalized spacial score (nSPS) is 16.6. The van der Waals surface area contributed by atoms with Gasteiger partial charge in [0.15, 0.2) is 0 Å². The number of nitrogen functional groups attached to an aromatic ring is 1. The summed E-state index contributed by atoms with van der Waals surface area (Å²) in [5.74, 6) is 0. The van der Waals surface area contributed by atoms with Gasteiger partial charge >= 0.3 is 0 Å². The highest BCUT2D eigenvalue weighted by atomic mass is 32.2. The van der Waals surface area contributed by atoms with E-state index in [1.165, 1.54) is 32.1 Å². The molecule has 0 amide bonds. The fourth-order valence-corrected chi connectivity index (χ4v) is 5.37. The second-order valence-corrected chi connectivity index (χ2v) is 8.67. The predicted octanol–water partition coefficient (Wildman–Crippen LogP) is 5.83. The van der Waals surface area contributed by atoms with Crippen molar-refractivity contribution in [2.24, 2.45) is 0 Å². The Morgan fingerprint density at radius 1 is 0.750 bits per heavy atom. The average Bonchev–Trinajstić information content (AvgIpc) is 2.74. The van der Waals surface area contributed by atoms with E-state index in [9.17, 15) is 0 Å². The van der Waals surface area contributed by atoms with Crippen LogP contribution in [-0.2, 0) is 6.54 Å². The molecule has 28 heavy (non-hydrogen) atoms. The molecule has 2 nitrogen and oxygen atoms in total. The largest absolute Gasteiger partial charge is 0.399 e. The first-order valence-corrected chi connectivity index (χ1v) is 10.7. The summed E-state index contributed by atoms with van der Waals surface area (Å²) < 4.78 is 0. The summed E-state index contributed by atoms with van der Waals surface area (Å²) in [6.07, 6.45) is 2.27. The van der Waals surface area contributed by atoms with E-state index in [0.29, 0.717) is 0 Å². The van der Waals surface area contributed by atoms with Gasteiger partial charge in [-0.1, -0.05) is 65.9 Å². The van der Waals surface area contributed by atoms with Gasteiger partial charge in [-0.15, -0.1) is 0 Å². The zero-order chi connectivity index (χ0) is 18.9. The van der Waals surface area contributed by atoms with Crippen molar-refractivity contribution in [3.63, 3.8) is 0 Å². The maximum Gasteiger partial charge on any atom is 0.0314 e. The van der Waals surface area contributed by atoms with Crippen molar-refractivity contribution >= 4 is 23.0 Å². The average molecular weight is 385 g/mol. The molecule has 2 N–H and O–H groups in total. The Morgan fingerprint density at radius 3 is 1.93 bits per heavy atom. The monoisotopic (exact) mass is 384 g/mol. The zero-order valence-electron chi connectivity index (χ0n) is 15.9. The number of nitrogens with zero attached hydrogens (tertiary/aromatic N) is 1. The number of hydrogen-bond donors (Lipinski definition) is 1. The van der Waals surface area contributed by atoms with Crippen molar-refractivity contribution in [1.82, 2.24) is 4.90 Å². The van der Waals surface area contributed by atoms with Crippen molar-refractivity contribution in [3.8, 4) is 0 Å². The van der Waals surface area contributed by atoms with Crippen LogP contribution in [0.2, 0.25) is 0 Å². The standard InChI is InChI=1S/C25H24N2S/c26-20-11-9-18(10-12-20)17-27-15-13-19(14-16-27)25-21-5-1-3-7-23(21)28-24-8-4-2-6-22(24)25/h1-12H,13-17,26H2. The van der Waals surface area contributed by atoms with E-state index in [1.54, 1.807) is 5.57 Å². The zero-order valence-corrected chi connectivity index (χ0v) is 16.7. The molecule has 0 radical (unpaired) electrons. The molecule has 2 aliphatic heterocycles. The number of hydrogen-bond acceptors (Lipinski definition) is 3. The van der Waals surface area contributed by atoms with Gasteiger partial charge in [-0.25, -0.2) is 0 Å². The van der Waals surface area contributed by atoms with Gasteiger partial charge in [-0.2, -0.15) is 0 Å². The molecule has 5 rings (SSSR count). The molecule has 0 aliphatic carbocycles. The summed E-state index contributed by atoms with van der Waals surface area (Å²) in [5, 5.41) is 0. The Labute approximate surface area is 171 Å². The third-order valence-electron chi connectivity index (χ3n) is 5.73. The van der Waals surface area contributed by atoms with Crippen LogP contribution < -0.4 is 5.73 Å². The van der Waals surface area contributed by atoms with Crippen molar-refractivity contribution in [2.45, 2.75) is 29.2 Å². The molecule has 0 bridgehead atoms. The third kappa shape index (κ3) is 3.36. The van der Waals surface area contributed by atoms with E-state index in [-0.39, 0.29) is 0 Å². The summed E-state index contributed by atoms with van der Waals surface area (Å²) in [4.78, 5) is 5.33. The molecule has 1 saturated heterocycles. The molecule has 3 aromatic carbocycles. The highest BCUT2D eigenvalue weighted by molar-refractivity contribution is 7.99. The van der Waals surface area contributed by atoms with Gasteiger partial charge in [0.25, 0.3) is 0 Å². The second kappa shape index (κ2) is 7.50. The van der Waals surface area contributed by atoms with Gasteiger partial charge in [0.2, 0.25) is 0 Å². The topological polar surface area (TPSA) is 29.3 Å². The molecule has 140 valence electrons. The second-order valence-electron chi connectivity index (χ2n) is 7.59. The SMILES string of the molecule is Nc1ccc(CN2CCC(=C3c4ccccc4Sc4ccccc43)CC2)cc1. The summed E-state index contributed by atoms with van der Waals surface area (Å²) in [5.41, 5.74) is 13.9. The predicted molar refractivity (Wildman–Crippen MR) is 118 cm³/mol. The van der Waals surface area contributed by atoms with E-state index in [0.717, 1.165) is 38.2 Å². The lowest BCUT2D eigenvalue weighted by Crippen LogP contribution is -2.30. The van der Waals surface area contributed by atoms with E-state index >= 15 is 0 Å². The van der Waals surface area contributed by atoms with E-state index in [2.05, 4.69) is 65.6 Å². The Morgan fingerprint density at radius 2 is 1.32 bits per heavy atom. The van der Waals surface area contributed by atoms with Gasteiger partial charge in [0.1, 0.15) is 0 Å². The van der Waals surface area contributed by atoms with Crippen LogP contribution >= 0.6 is 11.8 Å². The Hall–Kier alpha value is -2.49. The molecule has 3 aromatic rings. The van der Waals surface area contributed by atoms with E-state index in [4.69, 9.17) is 5.73 Å². The number of likely N-dealkylation sites (tertiary alicyclic amines) is 1. The lowest BCUT2D eigenvalue weighted by molar-refractivity contribution is 0.248. The van der Waals surface area contributed by atoms with Crippen molar-refractivity contribution in [3.05, 3.63) is 95.1 Å². The van der Waals surface area contributed by atoms with Gasteiger partial charge < -0.3 is 5.73 Å². The minimum absolute atomic E-state index is 0.835. The first-order valence-electron chi connectivity index (χ1n) is 9.93. The molecule has 1 fully saturated rings. The molecule has 2 heterocycles. The van der Waals surface area contributed by atoms with Crippen LogP contribution in [0.3, 0.4) is 0 Å². The highest BCUT2D eigenvalue weighted by Crippen LogP contribution is 2.47. The van der Waals surface area contributed by atoms with Crippen LogP contribution in [0, 0.1) is 0 Å². The van der Waals surface area contributed by atoms with Crippen LogP contribution in [0.5, 0.6) is 0 Å². The van der Waals surface area contributed by atoms with Crippen LogP contribution in [-0.4, -0.2) is 18.0 Å². The van der Waals surface area contributed by atoms with E-state index in [1.807, 2.05) is 23.9 Å². The van der Waals surface area contributed by atoms with Crippen LogP contribution in [0.15, 0.2) is 88.2 Å². The quantitative estimate of drug-likeness (QED) is 0.441. The number of piperidine rings is 1. The fraction of sp³-hybridized carbons (Fsp3) is 0.200. The van der Waals surface area contributed by atoms with Gasteiger partial charge in [0.05, 0.1) is 0 Å². The third-order valence-corrected chi connectivity index (χ3v) is 6.88. The number of anilines is 1. The van der Waals surface area contributed by atoms with Gasteiger partial charge in [-0.05, 0) is 59.4 Å². The molecule has 2 aliphatic rings. The van der Waals surface area contributed by atoms with Crippen LogP contribution in [0.4, 0.5) is 5.69 Å². The molecule has 0 saturated carbocycles. The molecule has 0 aromatic heterocycles. The molecule has 0 unspecified atom stereocenters. The smallest absolute Gasteiger partial charge is 0.0314 e. The van der Waals surface area contributed by atoms with Crippen LogP contribution in [0.25, 0.3) is 5.57 Å². The molecule has 0 spiro atoms. The lowest BCUT2D eigenvalue weighted by Gasteiger charge is -2.32. The first kappa shape index (κ1) is 17.6. The fourth-order valence-electron chi connectivity index (χ4n) is 4.28. The Balaban J connectivity index is 1.42. The molecular weight excluding hydrogens is 360 g/mol. The summed E-state index contributed by atoms with van der Waals surface area (Å²) >= 11 is 1.90. The number of nitrogens with two attached hydrogens (primary N) is 1. The van der Waals surface area contributed by atoms with Gasteiger partial charge in [0, 0.05) is 35.1 Å². The minimum atomic E-state index is 0.835. The van der Waals surface area contributed by atoms with Crippen molar-refractivity contribution < 1.29 is 0 Å². The first-order chi connectivity index (χ1) is 13.8. The van der Waals surface area contributed by atoms with Crippen molar-refractivity contribution in [1.29, 1.82) is 0 Å². The Kier molecular flexibility index (Phi) is 4.71. The van der Waals surface area contributed by atoms with Crippen molar-refractivity contribution in [2.75, 3.05) is 18.8 Å². The molecular formula is C25H24N2S. The highest BCUT2D eigenvalue weighted by Gasteiger charge is 2.25. The number of benzene rings is 3. The molecule has 3 heteroatoms. The summed E-state index contributed by atoms with van der Waals surface area (Å²) in [6, 6.07) is 26.0.